The molecule has 0 atom stereocenters. The van der Waals surface area contributed by atoms with Gasteiger partial charge in [-0.3, -0.25) is 0 Å². The topological polar surface area (TPSA) is 106 Å². The zero-order valence-corrected chi connectivity index (χ0v) is 23.9. The average Bonchev–Trinajstić information content (AvgIpc) is 3.39. The van der Waals surface area contributed by atoms with Gasteiger partial charge in [-0.25, -0.2) is 22.8 Å². The molecule has 0 aliphatic rings. The average molecular weight is 626 g/mol. The Kier molecular flexibility index (Phi) is 8.43. The van der Waals surface area contributed by atoms with Crippen LogP contribution in [-0.2, 0) is 23.0 Å². The first-order valence-electron chi connectivity index (χ1n) is 12.4. The monoisotopic (exact) mass is 624 g/mol. The van der Waals surface area contributed by atoms with Gasteiger partial charge in [0.15, 0.2) is 0 Å². The normalized spacial score (nSPS) is 11.6. The number of anilines is 2. The number of hydrogen-bond donors (Lipinski definition) is 2. The molecule has 2 heterocycles. The summed E-state index contributed by atoms with van der Waals surface area (Å²) < 4.78 is 50.2. The molecule has 5 rings (SSSR count). The highest BCUT2D eigenvalue weighted by molar-refractivity contribution is 9.10. The van der Waals surface area contributed by atoms with Gasteiger partial charge in [0.1, 0.15) is 51.7 Å². The van der Waals surface area contributed by atoms with Crippen LogP contribution in [0.2, 0.25) is 0 Å². The van der Waals surface area contributed by atoms with E-state index in [1.807, 2.05) is 48.5 Å². The van der Waals surface area contributed by atoms with Gasteiger partial charge in [-0.05, 0) is 57.9 Å². The summed E-state index contributed by atoms with van der Waals surface area (Å²) in [4.78, 5) is 8.62. The summed E-state index contributed by atoms with van der Waals surface area (Å²) in [6, 6.07) is 21.9. The number of ether oxygens (including phenoxy) is 1. The quantitative estimate of drug-likeness (QED) is 0.166. The van der Waals surface area contributed by atoms with Crippen molar-refractivity contribution in [3.63, 3.8) is 0 Å². The zero-order valence-electron chi connectivity index (χ0n) is 21.5. The fourth-order valence-corrected chi connectivity index (χ4v) is 5.03. The Bertz CT molecular complexity index is 1750. The largest absolute Gasteiger partial charge is 0.488 e. The summed E-state index contributed by atoms with van der Waals surface area (Å²) >= 11 is 3.58. The van der Waals surface area contributed by atoms with E-state index in [0.717, 1.165) is 15.7 Å². The lowest BCUT2D eigenvalue weighted by atomic mass is 10.1. The van der Waals surface area contributed by atoms with E-state index in [1.165, 1.54) is 18.6 Å². The molecule has 5 aromatic rings. The number of benzene rings is 3. The van der Waals surface area contributed by atoms with Gasteiger partial charge >= 0.3 is 0 Å². The Morgan fingerprint density at radius 1 is 1.02 bits per heavy atom. The van der Waals surface area contributed by atoms with Crippen molar-refractivity contribution in [2.24, 2.45) is 0 Å². The number of sulfone groups is 1. The van der Waals surface area contributed by atoms with Crippen LogP contribution in [0.5, 0.6) is 5.75 Å². The number of furan rings is 1. The minimum Gasteiger partial charge on any atom is -0.488 e. The summed E-state index contributed by atoms with van der Waals surface area (Å²) in [5.41, 5.74) is 2.53. The van der Waals surface area contributed by atoms with E-state index < -0.39 is 15.7 Å². The highest BCUT2D eigenvalue weighted by Crippen LogP contribution is 2.34. The molecule has 0 aliphatic carbocycles. The SMILES string of the molecule is CS(=O)(=O)CCNCc1ccc(-c2cc3c(Nc4ccc(OCc5ccccc5)c(Br)c4)ncnc3cc2F)o1. The molecule has 11 heteroatoms. The van der Waals surface area contributed by atoms with Crippen LogP contribution >= 0.6 is 15.9 Å². The lowest BCUT2D eigenvalue weighted by Gasteiger charge is -2.12. The van der Waals surface area contributed by atoms with Crippen LogP contribution in [0.4, 0.5) is 15.9 Å². The Balaban J connectivity index is 1.33. The van der Waals surface area contributed by atoms with E-state index in [0.29, 0.717) is 53.7 Å². The lowest BCUT2D eigenvalue weighted by molar-refractivity contribution is 0.304. The third kappa shape index (κ3) is 7.04. The molecular formula is C29H26BrFN4O4S. The summed E-state index contributed by atoms with van der Waals surface area (Å²) in [5, 5.41) is 6.92. The Labute approximate surface area is 239 Å². The van der Waals surface area contributed by atoms with Crippen molar-refractivity contribution in [1.29, 1.82) is 0 Å². The van der Waals surface area contributed by atoms with E-state index in [-0.39, 0.29) is 11.3 Å². The first-order valence-corrected chi connectivity index (χ1v) is 15.3. The van der Waals surface area contributed by atoms with Gasteiger partial charge in [-0.15, -0.1) is 0 Å². The van der Waals surface area contributed by atoms with Gasteiger partial charge in [0, 0.05) is 29.9 Å². The van der Waals surface area contributed by atoms with Gasteiger partial charge in [-0.2, -0.15) is 0 Å². The Morgan fingerprint density at radius 3 is 2.62 bits per heavy atom. The van der Waals surface area contributed by atoms with Gasteiger partial charge in [-0.1, -0.05) is 30.3 Å². The molecule has 0 spiro atoms. The number of fused-ring (bicyclic) bond motifs is 1. The maximum Gasteiger partial charge on any atom is 0.148 e. The minimum atomic E-state index is -3.06. The molecule has 0 bridgehead atoms. The highest BCUT2D eigenvalue weighted by Gasteiger charge is 2.15. The molecule has 40 heavy (non-hydrogen) atoms. The number of nitrogens with one attached hydrogen (secondary N) is 2. The lowest BCUT2D eigenvalue weighted by Crippen LogP contribution is -2.21. The zero-order chi connectivity index (χ0) is 28.1. The van der Waals surface area contributed by atoms with E-state index in [4.69, 9.17) is 9.15 Å². The molecule has 0 radical (unpaired) electrons. The third-order valence-corrected chi connectivity index (χ3v) is 7.60. The minimum absolute atomic E-state index is 0.0235. The van der Waals surface area contributed by atoms with Crippen LogP contribution in [0.25, 0.3) is 22.2 Å². The predicted molar refractivity (Wildman–Crippen MR) is 157 cm³/mol. The molecule has 0 saturated heterocycles. The molecule has 3 aromatic carbocycles. The molecule has 0 unspecified atom stereocenters. The van der Waals surface area contributed by atoms with Crippen LogP contribution in [0.1, 0.15) is 11.3 Å². The van der Waals surface area contributed by atoms with Gasteiger partial charge in [0.2, 0.25) is 0 Å². The van der Waals surface area contributed by atoms with Gasteiger partial charge in [0.05, 0.1) is 27.9 Å². The fourth-order valence-electron chi connectivity index (χ4n) is 4.02. The second-order valence-corrected chi connectivity index (χ2v) is 12.3. The highest BCUT2D eigenvalue weighted by atomic mass is 79.9. The molecule has 2 aromatic heterocycles. The molecule has 8 nitrogen and oxygen atoms in total. The summed E-state index contributed by atoms with van der Waals surface area (Å²) in [6.07, 6.45) is 2.56. The molecule has 2 N–H and O–H groups in total. The van der Waals surface area contributed by atoms with Crippen molar-refractivity contribution in [1.82, 2.24) is 15.3 Å². The second kappa shape index (κ2) is 12.2. The Morgan fingerprint density at radius 2 is 1.85 bits per heavy atom. The van der Waals surface area contributed by atoms with Crippen molar-refractivity contribution in [3.8, 4) is 17.1 Å². The molecule has 206 valence electrons. The van der Waals surface area contributed by atoms with Crippen LogP contribution < -0.4 is 15.4 Å². The maximum absolute atomic E-state index is 15.1. The Hall–Kier alpha value is -3.80. The molecule has 0 amide bonds. The van der Waals surface area contributed by atoms with Crippen molar-refractivity contribution < 1.29 is 22.0 Å². The van der Waals surface area contributed by atoms with Crippen molar-refractivity contribution in [2.75, 3.05) is 23.9 Å². The van der Waals surface area contributed by atoms with Crippen LogP contribution in [-0.4, -0.2) is 36.9 Å². The summed E-state index contributed by atoms with van der Waals surface area (Å²) in [7, 11) is -3.06. The first-order chi connectivity index (χ1) is 19.2. The second-order valence-electron chi connectivity index (χ2n) is 9.19. The van der Waals surface area contributed by atoms with Crippen LogP contribution in [0, 0.1) is 5.82 Å². The fraction of sp³-hybridized carbons (Fsp3) is 0.172. The van der Waals surface area contributed by atoms with Crippen LogP contribution in [0.3, 0.4) is 0 Å². The van der Waals surface area contributed by atoms with E-state index in [2.05, 4.69) is 36.5 Å². The van der Waals surface area contributed by atoms with E-state index in [9.17, 15) is 8.42 Å². The first kappa shape index (κ1) is 27.8. The standard InChI is InChI=1S/C29H26BrFN4O4S/c1-40(36,37)12-11-32-16-21-8-10-27(39-21)22-14-23-26(15-25(22)31)33-18-34-29(23)35-20-7-9-28(24(30)13-20)38-17-19-5-3-2-4-6-19/h2-10,13-15,18,32H,11-12,16-17H2,1H3,(H,33,34,35). The number of aromatic nitrogens is 2. The number of halogens is 2. The van der Waals surface area contributed by atoms with Gasteiger partial charge < -0.3 is 19.8 Å². The van der Waals surface area contributed by atoms with Gasteiger partial charge in [0.25, 0.3) is 0 Å². The number of rotatable bonds is 11. The summed E-state index contributed by atoms with van der Waals surface area (Å²) in [6.45, 7) is 1.06. The summed E-state index contributed by atoms with van der Waals surface area (Å²) in [5.74, 6) is 1.65. The molecule has 0 saturated carbocycles. The van der Waals surface area contributed by atoms with E-state index >= 15 is 4.39 Å². The van der Waals surface area contributed by atoms with Crippen molar-refractivity contribution in [2.45, 2.75) is 13.2 Å². The maximum atomic E-state index is 15.1. The molecule has 0 aliphatic heterocycles. The van der Waals surface area contributed by atoms with Crippen molar-refractivity contribution >= 4 is 48.2 Å². The van der Waals surface area contributed by atoms with Crippen molar-refractivity contribution in [3.05, 3.63) is 101 Å². The number of hydrogen-bond acceptors (Lipinski definition) is 8. The van der Waals surface area contributed by atoms with Crippen LogP contribution in [0.15, 0.2) is 88.0 Å². The smallest absolute Gasteiger partial charge is 0.148 e. The molecule has 0 fully saturated rings. The van der Waals surface area contributed by atoms with E-state index in [1.54, 1.807) is 18.2 Å². The number of nitrogens with zero attached hydrogens (tertiary/aromatic N) is 2. The third-order valence-electron chi connectivity index (χ3n) is 6.03. The predicted octanol–water partition coefficient (Wildman–Crippen LogP) is 6.25. The molecular weight excluding hydrogens is 599 g/mol.